The van der Waals surface area contributed by atoms with Gasteiger partial charge in [0.05, 0.1) is 6.10 Å². The predicted octanol–water partition coefficient (Wildman–Crippen LogP) is 4.42. The highest BCUT2D eigenvalue weighted by molar-refractivity contribution is 5.35. The van der Waals surface area contributed by atoms with Gasteiger partial charge in [-0.25, -0.2) is 8.78 Å². The van der Waals surface area contributed by atoms with Gasteiger partial charge in [0.1, 0.15) is 18.1 Å². The highest BCUT2D eigenvalue weighted by atomic mass is 19.1. The van der Waals surface area contributed by atoms with Crippen molar-refractivity contribution >= 4 is 0 Å². The van der Waals surface area contributed by atoms with Gasteiger partial charge in [-0.15, -0.1) is 0 Å². The largest absolute Gasteiger partial charge is 0.491 e. The van der Waals surface area contributed by atoms with Gasteiger partial charge >= 0.3 is 0 Å². The van der Waals surface area contributed by atoms with E-state index in [9.17, 15) is 8.78 Å². The van der Waals surface area contributed by atoms with Gasteiger partial charge in [-0.3, -0.25) is 0 Å². The van der Waals surface area contributed by atoms with Gasteiger partial charge in [0.2, 0.25) is 6.86 Å². The third-order valence-electron chi connectivity index (χ3n) is 4.40. The number of ether oxygens (including phenoxy) is 3. The van der Waals surface area contributed by atoms with E-state index in [-0.39, 0.29) is 6.10 Å². The summed E-state index contributed by atoms with van der Waals surface area (Å²) >= 11 is 0. The summed E-state index contributed by atoms with van der Waals surface area (Å²) in [6.45, 7) is -0.558. The van der Waals surface area contributed by atoms with Crippen molar-refractivity contribution in [3.05, 3.63) is 59.7 Å². The number of alkyl halides is 2. The zero-order valence-corrected chi connectivity index (χ0v) is 16.6. The molecular formula is C22H29F2NO3. The fraction of sp³-hybridized carbons (Fsp3) is 0.455. The molecule has 2 aromatic carbocycles. The minimum Gasteiger partial charge on any atom is -0.491 e. The summed E-state index contributed by atoms with van der Waals surface area (Å²) in [4.78, 5) is 2.03. The highest BCUT2D eigenvalue weighted by Crippen LogP contribution is 2.22. The van der Waals surface area contributed by atoms with E-state index in [1.165, 1.54) is 0 Å². The minimum absolute atomic E-state index is 0.296. The standard InChI is InChI=1S/C22H29F2NO3/c1-25(2)13-12-21(28-17-24)15-26-22-9-4-3-7-19(22)11-10-18-6-5-8-20(14-18)27-16-23/h3-9,14,21H,10-13,15-17H2,1-2H3. The molecule has 0 radical (unpaired) electrons. The van der Waals surface area contributed by atoms with E-state index < -0.39 is 13.7 Å². The molecule has 0 aliphatic carbocycles. The molecule has 2 aromatic rings. The zero-order valence-electron chi connectivity index (χ0n) is 16.6. The van der Waals surface area contributed by atoms with E-state index >= 15 is 0 Å². The average Bonchev–Trinajstić information content (AvgIpc) is 2.69. The summed E-state index contributed by atoms with van der Waals surface area (Å²) in [5.41, 5.74) is 2.12. The lowest BCUT2D eigenvalue weighted by Gasteiger charge is -2.20. The number of rotatable bonds is 13. The number of hydrogen-bond donors (Lipinski definition) is 0. The second-order valence-electron chi connectivity index (χ2n) is 6.81. The first-order chi connectivity index (χ1) is 13.6. The molecule has 0 amide bonds. The Balaban J connectivity index is 1.95. The Bertz CT molecular complexity index is 697. The van der Waals surface area contributed by atoms with Gasteiger partial charge < -0.3 is 19.1 Å². The van der Waals surface area contributed by atoms with Gasteiger partial charge in [0, 0.05) is 6.54 Å². The van der Waals surface area contributed by atoms with Crippen LogP contribution in [-0.2, 0) is 17.6 Å². The minimum atomic E-state index is -0.837. The van der Waals surface area contributed by atoms with Gasteiger partial charge in [-0.1, -0.05) is 30.3 Å². The molecule has 0 heterocycles. The van der Waals surface area contributed by atoms with Crippen LogP contribution in [0.1, 0.15) is 17.5 Å². The monoisotopic (exact) mass is 393 g/mol. The first-order valence-corrected chi connectivity index (χ1v) is 9.43. The molecule has 0 fully saturated rings. The van der Waals surface area contributed by atoms with Crippen LogP contribution in [0.25, 0.3) is 0 Å². The molecule has 0 aromatic heterocycles. The Kier molecular flexibility index (Phi) is 9.72. The lowest BCUT2D eigenvalue weighted by Crippen LogP contribution is -2.27. The van der Waals surface area contributed by atoms with Gasteiger partial charge in [-0.2, -0.15) is 0 Å². The van der Waals surface area contributed by atoms with Gasteiger partial charge in [0.15, 0.2) is 6.86 Å². The topological polar surface area (TPSA) is 30.9 Å². The molecule has 154 valence electrons. The highest BCUT2D eigenvalue weighted by Gasteiger charge is 2.12. The van der Waals surface area contributed by atoms with Crippen molar-refractivity contribution in [2.24, 2.45) is 0 Å². The van der Waals surface area contributed by atoms with Crippen molar-refractivity contribution in [2.45, 2.75) is 25.4 Å². The number of hydrogen-bond acceptors (Lipinski definition) is 4. The van der Waals surface area contributed by atoms with Crippen LogP contribution >= 0.6 is 0 Å². The van der Waals surface area contributed by atoms with Crippen molar-refractivity contribution in [1.29, 1.82) is 0 Å². The van der Waals surface area contributed by atoms with E-state index in [0.717, 1.165) is 36.3 Å². The molecule has 2 rings (SSSR count). The molecule has 4 nitrogen and oxygen atoms in total. The molecule has 6 heteroatoms. The second-order valence-corrected chi connectivity index (χ2v) is 6.81. The van der Waals surface area contributed by atoms with E-state index in [2.05, 4.69) is 0 Å². The van der Waals surface area contributed by atoms with Crippen molar-refractivity contribution in [2.75, 3.05) is 41.0 Å². The van der Waals surface area contributed by atoms with E-state index in [1.807, 2.05) is 61.5 Å². The van der Waals surface area contributed by atoms with Crippen LogP contribution < -0.4 is 9.47 Å². The predicted molar refractivity (Wildman–Crippen MR) is 106 cm³/mol. The van der Waals surface area contributed by atoms with Crippen molar-refractivity contribution in [3.8, 4) is 11.5 Å². The lowest BCUT2D eigenvalue weighted by atomic mass is 10.0. The zero-order chi connectivity index (χ0) is 20.2. The lowest BCUT2D eigenvalue weighted by molar-refractivity contribution is -0.0323. The molecular weight excluding hydrogens is 364 g/mol. The Hall–Kier alpha value is -2.18. The second kappa shape index (κ2) is 12.3. The first kappa shape index (κ1) is 22.1. The molecule has 0 aliphatic heterocycles. The Morgan fingerprint density at radius 3 is 2.50 bits per heavy atom. The molecule has 0 spiro atoms. The molecule has 0 saturated carbocycles. The number of nitrogens with zero attached hydrogens (tertiary/aromatic N) is 1. The smallest absolute Gasteiger partial charge is 0.228 e. The van der Waals surface area contributed by atoms with Crippen LogP contribution in [0, 0.1) is 0 Å². The number of halogens is 2. The summed E-state index contributed by atoms with van der Waals surface area (Å²) in [5, 5.41) is 0. The maximum atomic E-state index is 12.6. The van der Waals surface area contributed by atoms with Crippen LogP contribution in [0.2, 0.25) is 0 Å². The van der Waals surface area contributed by atoms with Crippen LogP contribution in [0.4, 0.5) is 8.78 Å². The SMILES string of the molecule is CN(C)CCC(COc1ccccc1CCc1cccc(OCF)c1)OCF. The van der Waals surface area contributed by atoms with E-state index in [4.69, 9.17) is 14.2 Å². The van der Waals surface area contributed by atoms with Crippen molar-refractivity contribution in [3.63, 3.8) is 0 Å². The van der Waals surface area contributed by atoms with E-state index in [0.29, 0.717) is 18.8 Å². The number of benzene rings is 2. The van der Waals surface area contributed by atoms with E-state index in [1.54, 1.807) is 6.07 Å². The molecule has 0 aliphatic rings. The van der Waals surface area contributed by atoms with Crippen LogP contribution in [0.5, 0.6) is 11.5 Å². The third-order valence-corrected chi connectivity index (χ3v) is 4.40. The first-order valence-electron chi connectivity index (χ1n) is 9.43. The average molecular weight is 393 g/mol. The van der Waals surface area contributed by atoms with Crippen LogP contribution in [0.3, 0.4) is 0 Å². The molecule has 0 saturated heterocycles. The van der Waals surface area contributed by atoms with Crippen molar-refractivity contribution in [1.82, 2.24) is 4.90 Å². The van der Waals surface area contributed by atoms with Gasteiger partial charge in [0.25, 0.3) is 0 Å². The molecule has 1 atom stereocenters. The summed E-state index contributed by atoms with van der Waals surface area (Å²) in [5.74, 6) is 1.30. The summed E-state index contributed by atoms with van der Waals surface area (Å²) in [6, 6.07) is 15.2. The van der Waals surface area contributed by atoms with Crippen LogP contribution in [0.15, 0.2) is 48.5 Å². The molecule has 0 bridgehead atoms. The maximum Gasteiger partial charge on any atom is 0.228 e. The normalized spacial score (nSPS) is 12.2. The van der Waals surface area contributed by atoms with Gasteiger partial charge in [-0.05, 0) is 62.7 Å². The summed E-state index contributed by atoms with van der Waals surface area (Å²) < 4.78 is 41.0. The summed E-state index contributed by atoms with van der Waals surface area (Å²) in [7, 11) is 3.94. The molecule has 1 unspecified atom stereocenters. The summed E-state index contributed by atoms with van der Waals surface area (Å²) in [6.07, 6.45) is 1.94. The van der Waals surface area contributed by atoms with Crippen LogP contribution in [-0.4, -0.2) is 52.0 Å². The Morgan fingerprint density at radius 2 is 1.75 bits per heavy atom. The maximum absolute atomic E-state index is 12.6. The Labute approximate surface area is 166 Å². The third kappa shape index (κ3) is 7.82. The number of aryl methyl sites for hydroxylation is 2. The quantitative estimate of drug-likeness (QED) is 0.504. The molecule has 28 heavy (non-hydrogen) atoms. The fourth-order valence-corrected chi connectivity index (χ4v) is 2.87. The van der Waals surface area contributed by atoms with Crippen molar-refractivity contribution < 1.29 is 23.0 Å². The molecule has 0 N–H and O–H groups in total. The number of para-hydroxylation sites is 1. The fourth-order valence-electron chi connectivity index (χ4n) is 2.87. The Morgan fingerprint density at radius 1 is 0.929 bits per heavy atom.